The maximum absolute atomic E-state index is 10.8. The third-order valence-electron chi connectivity index (χ3n) is 2.37. The fourth-order valence-corrected chi connectivity index (χ4v) is 1.82. The number of rotatable bonds is 3. The quantitative estimate of drug-likeness (QED) is 0.470. The van der Waals surface area contributed by atoms with E-state index in [0.29, 0.717) is 16.3 Å². The first-order valence-corrected chi connectivity index (χ1v) is 6.06. The number of hydrogen-bond donors (Lipinski definition) is 0. The number of nitro benzene ring substituents is 1. The summed E-state index contributed by atoms with van der Waals surface area (Å²) in [5.74, 6) is 0. The number of para-hydroxylation sites is 1. The van der Waals surface area contributed by atoms with Gasteiger partial charge in [0.05, 0.1) is 15.6 Å². The lowest BCUT2D eigenvalue weighted by Gasteiger charge is -1.98. The van der Waals surface area contributed by atoms with Gasteiger partial charge in [0.1, 0.15) is 5.02 Å². The molecule has 4 nitrogen and oxygen atoms in total. The van der Waals surface area contributed by atoms with Gasteiger partial charge in [0.25, 0.3) is 5.69 Å². The van der Waals surface area contributed by atoms with Crippen LogP contribution in [0, 0.1) is 10.1 Å². The SMILES string of the molecule is O=[N+]([O-])c1cc(C=Nc2ccccc2Cl)ccc1Cl. The topological polar surface area (TPSA) is 55.5 Å². The highest BCUT2D eigenvalue weighted by molar-refractivity contribution is 6.33. The Balaban J connectivity index is 2.32. The molecule has 0 N–H and O–H groups in total. The number of aliphatic imine (C=N–C) groups is 1. The second-order valence-electron chi connectivity index (χ2n) is 3.68. The molecule has 0 saturated heterocycles. The van der Waals surface area contributed by atoms with E-state index in [1.165, 1.54) is 18.3 Å². The number of benzene rings is 2. The molecule has 0 aliphatic heterocycles. The van der Waals surface area contributed by atoms with Crippen LogP contribution in [-0.4, -0.2) is 11.1 Å². The summed E-state index contributed by atoms with van der Waals surface area (Å²) in [5.41, 5.74) is 1.03. The first-order valence-electron chi connectivity index (χ1n) is 5.30. The summed E-state index contributed by atoms with van der Waals surface area (Å²) in [7, 11) is 0. The number of nitrogens with zero attached hydrogens (tertiary/aromatic N) is 2. The molecule has 0 aromatic heterocycles. The summed E-state index contributed by atoms with van der Waals surface area (Å²) < 4.78 is 0. The summed E-state index contributed by atoms with van der Waals surface area (Å²) >= 11 is 11.7. The highest BCUT2D eigenvalue weighted by Crippen LogP contribution is 2.26. The van der Waals surface area contributed by atoms with Gasteiger partial charge in [-0.15, -0.1) is 0 Å². The molecular formula is C13H8Cl2N2O2. The zero-order chi connectivity index (χ0) is 13.8. The van der Waals surface area contributed by atoms with E-state index >= 15 is 0 Å². The highest BCUT2D eigenvalue weighted by Gasteiger charge is 2.11. The maximum Gasteiger partial charge on any atom is 0.288 e. The van der Waals surface area contributed by atoms with Crippen LogP contribution in [0.4, 0.5) is 11.4 Å². The van der Waals surface area contributed by atoms with Crippen LogP contribution in [0.3, 0.4) is 0 Å². The molecule has 2 rings (SSSR count). The minimum atomic E-state index is -0.533. The molecule has 0 atom stereocenters. The Bertz CT molecular complexity index is 657. The molecule has 2 aromatic rings. The van der Waals surface area contributed by atoms with Crippen LogP contribution >= 0.6 is 23.2 Å². The summed E-state index contributed by atoms with van der Waals surface area (Å²) in [6.45, 7) is 0. The average Bonchev–Trinajstić information content (AvgIpc) is 2.39. The molecule has 0 bridgehead atoms. The van der Waals surface area contributed by atoms with Gasteiger partial charge in [0.2, 0.25) is 0 Å². The van der Waals surface area contributed by atoms with E-state index in [1.54, 1.807) is 24.3 Å². The fourth-order valence-electron chi connectivity index (χ4n) is 1.45. The van der Waals surface area contributed by atoms with Gasteiger partial charge in [-0.2, -0.15) is 0 Å². The lowest BCUT2D eigenvalue weighted by atomic mass is 10.2. The molecule has 0 saturated carbocycles. The van der Waals surface area contributed by atoms with Gasteiger partial charge in [-0.3, -0.25) is 15.1 Å². The van der Waals surface area contributed by atoms with Crippen molar-refractivity contribution in [1.29, 1.82) is 0 Å². The average molecular weight is 295 g/mol. The molecule has 0 fully saturated rings. The van der Waals surface area contributed by atoms with E-state index in [0.717, 1.165) is 0 Å². The van der Waals surface area contributed by atoms with Gasteiger partial charge in [-0.25, -0.2) is 0 Å². The zero-order valence-electron chi connectivity index (χ0n) is 9.59. The van der Waals surface area contributed by atoms with Crippen LogP contribution in [-0.2, 0) is 0 Å². The lowest BCUT2D eigenvalue weighted by molar-refractivity contribution is -0.384. The highest BCUT2D eigenvalue weighted by atomic mass is 35.5. The van der Waals surface area contributed by atoms with E-state index in [9.17, 15) is 10.1 Å². The zero-order valence-corrected chi connectivity index (χ0v) is 11.1. The predicted molar refractivity (Wildman–Crippen MR) is 76.8 cm³/mol. The van der Waals surface area contributed by atoms with Crippen molar-refractivity contribution < 1.29 is 4.92 Å². The molecular weight excluding hydrogens is 287 g/mol. The van der Waals surface area contributed by atoms with Gasteiger partial charge < -0.3 is 0 Å². The Labute approximate surface area is 119 Å². The summed E-state index contributed by atoms with van der Waals surface area (Å²) in [5, 5.41) is 11.4. The van der Waals surface area contributed by atoms with Crippen molar-refractivity contribution in [2.24, 2.45) is 4.99 Å². The van der Waals surface area contributed by atoms with Gasteiger partial charge in [-0.1, -0.05) is 41.4 Å². The summed E-state index contributed by atoms with van der Waals surface area (Å²) in [6.07, 6.45) is 1.50. The van der Waals surface area contributed by atoms with Gasteiger partial charge in [0.15, 0.2) is 0 Å². The normalized spacial score (nSPS) is 10.8. The van der Waals surface area contributed by atoms with Crippen molar-refractivity contribution in [3.8, 4) is 0 Å². The molecule has 0 aliphatic rings. The van der Waals surface area contributed by atoms with E-state index in [2.05, 4.69) is 4.99 Å². The number of halogens is 2. The van der Waals surface area contributed by atoms with E-state index < -0.39 is 4.92 Å². The molecule has 0 spiro atoms. The van der Waals surface area contributed by atoms with Gasteiger partial charge >= 0.3 is 0 Å². The molecule has 6 heteroatoms. The van der Waals surface area contributed by atoms with Crippen molar-refractivity contribution in [2.75, 3.05) is 0 Å². The Morgan fingerprint density at radius 1 is 1.11 bits per heavy atom. The van der Waals surface area contributed by atoms with E-state index in [4.69, 9.17) is 23.2 Å². The molecule has 2 aromatic carbocycles. The van der Waals surface area contributed by atoms with Crippen LogP contribution in [0.5, 0.6) is 0 Å². The fraction of sp³-hybridized carbons (Fsp3) is 0. The third kappa shape index (κ3) is 3.30. The van der Waals surface area contributed by atoms with Crippen molar-refractivity contribution in [3.05, 3.63) is 68.2 Å². The van der Waals surface area contributed by atoms with Crippen molar-refractivity contribution >= 4 is 40.8 Å². The number of hydrogen-bond acceptors (Lipinski definition) is 3. The minimum absolute atomic E-state index is 0.0971. The van der Waals surface area contributed by atoms with E-state index in [-0.39, 0.29) is 10.7 Å². The lowest BCUT2D eigenvalue weighted by Crippen LogP contribution is -1.91. The Morgan fingerprint density at radius 2 is 1.84 bits per heavy atom. The molecule has 96 valence electrons. The summed E-state index contributed by atoms with van der Waals surface area (Å²) in [6, 6.07) is 11.6. The number of nitro groups is 1. The Morgan fingerprint density at radius 3 is 2.53 bits per heavy atom. The standard InChI is InChI=1S/C13H8Cl2N2O2/c14-10-3-1-2-4-12(10)16-8-9-5-6-11(15)13(7-9)17(18)19/h1-8H. The molecule has 0 amide bonds. The Hall–Kier alpha value is -1.91. The van der Waals surface area contributed by atoms with Crippen molar-refractivity contribution in [2.45, 2.75) is 0 Å². The maximum atomic E-state index is 10.8. The molecule has 0 unspecified atom stereocenters. The van der Waals surface area contributed by atoms with Crippen LogP contribution in [0.1, 0.15) is 5.56 Å². The monoisotopic (exact) mass is 294 g/mol. The second kappa shape index (κ2) is 5.82. The largest absolute Gasteiger partial charge is 0.288 e. The van der Waals surface area contributed by atoms with Gasteiger partial charge in [-0.05, 0) is 23.8 Å². The first-order chi connectivity index (χ1) is 9.08. The van der Waals surface area contributed by atoms with E-state index in [1.807, 2.05) is 6.07 Å². The third-order valence-corrected chi connectivity index (χ3v) is 3.01. The molecule has 0 aliphatic carbocycles. The first kappa shape index (κ1) is 13.5. The van der Waals surface area contributed by atoms with Crippen LogP contribution in [0.25, 0.3) is 0 Å². The summed E-state index contributed by atoms with van der Waals surface area (Å²) in [4.78, 5) is 14.4. The molecule has 0 radical (unpaired) electrons. The smallest absolute Gasteiger partial charge is 0.258 e. The van der Waals surface area contributed by atoms with Crippen LogP contribution in [0.15, 0.2) is 47.5 Å². The predicted octanol–water partition coefficient (Wildman–Crippen LogP) is 4.65. The van der Waals surface area contributed by atoms with Crippen molar-refractivity contribution in [3.63, 3.8) is 0 Å². The molecule has 0 heterocycles. The Kier molecular flexibility index (Phi) is 4.14. The minimum Gasteiger partial charge on any atom is -0.258 e. The molecule has 19 heavy (non-hydrogen) atoms. The van der Waals surface area contributed by atoms with Gasteiger partial charge in [0, 0.05) is 12.3 Å². The van der Waals surface area contributed by atoms with Crippen LogP contribution in [0.2, 0.25) is 10.0 Å². The van der Waals surface area contributed by atoms with Crippen molar-refractivity contribution in [1.82, 2.24) is 0 Å². The van der Waals surface area contributed by atoms with Crippen LogP contribution < -0.4 is 0 Å². The second-order valence-corrected chi connectivity index (χ2v) is 4.49.